The zero-order valence-electron chi connectivity index (χ0n) is 13.1. The molecule has 0 fully saturated rings. The van der Waals surface area contributed by atoms with Crippen molar-refractivity contribution in [3.8, 4) is 0 Å². The van der Waals surface area contributed by atoms with Crippen molar-refractivity contribution < 1.29 is 14.3 Å². The number of cyclic esters (lactones) is 1. The number of carbonyl (C=O) groups is 2. The molecule has 1 unspecified atom stereocenters. The summed E-state index contributed by atoms with van der Waals surface area (Å²) >= 11 is 6.02. The molecule has 24 heavy (non-hydrogen) atoms. The largest absolute Gasteiger partial charge is 0.448 e. The van der Waals surface area contributed by atoms with E-state index in [0.29, 0.717) is 28.3 Å². The number of ether oxygens (including phenoxy) is 1. The number of benzene rings is 2. The second-order valence-corrected chi connectivity index (χ2v) is 6.18. The van der Waals surface area contributed by atoms with E-state index in [1.54, 1.807) is 30.3 Å². The Kier molecular flexibility index (Phi) is 4.55. The minimum absolute atomic E-state index is 0.0738. The molecule has 0 aliphatic carbocycles. The van der Waals surface area contributed by atoms with Crippen LogP contribution in [0.2, 0.25) is 5.02 Å². The highest BCUT2D eigenvalue weighted by Crippen LogP contribution is 2.27. The number of nitrogens with two attached hydrogens (primary N) is 1. The van der Waals surface area contributed by atoms with Crippen molar-refractivity contribution in [2.45, 2.75) is 25.5 Å². The number of hydrogen-bond donors (Lipinski definition) is 2. The normalized spacial score (nSPS) is 17.6. The number of amides is 1. The summed E-state index contributed by atoms with van der Waals surface area (Å²) in [5.74, 6) is -0.947. The van der Waals surface area contributed by atoms with Gasteiger partial charge in [-0.3, -0.25) is 4.79 Å². The number of anilines is 1. The molecular formula is C18H17ClN2O3. The first-order valence-electron chi connectivity index (χ1n) is 7.60. The lowest BCUT2D eigenvalue weighted by molar-refractivity contribution is -0.125. The molecule has 3 N–H and O–H groups in total. The SMILES string of the molecule is C[C@@H](N)c1ccc(NC(=O)C2Cc3cccc(Cl)c3C(=O)O2)cc1. The molecule has 0 aromatic heterocycles. The van der Waals surface area contributed by atoms with Gasteiger partial charge in [0, 0.05) is 18.2 Å². The van der Waals surface area contributed by atoms with E-state index in [1.807, 2.05) is 19.1 Å². The Morgan fingerprint density at radius 3 is 2.67 bits per heavy atom. The first-order chi connectivity index (χ1) is 11.5. The number of halogens is 1. The van der Waals surface area contributed by atoms with Crippen LogP contribution in [0.25, 0.3) is 0 Å². The second-order valence-electron chi connectivity index (χ2n) is 5.77. The first-order valence-corrected chi connectivity index (χ1v) is 7.98. The molecule has 2 aromatic rings. The third kappa shape index (κ3) is 3.27. The van der Waals surface area contributed by atoms with Crippen LogP contribution in [0.15, 0.2) is 42.5 Å². The molecule has 1 aliphatic heterocycles. The van der Waals surface area contributed by atoms with Crippen molar-refractivity contribution in [2.75, 3.05) is 5.32 Å². The fraction of sp³-hybridized carbons (Fsp3) is 0.222. The summed E-state index contributed by atoms with van der Waals surface area (Å²) in [6, 6.07) is 12.3. The van der Waals surface area contributed by atoms with Gasteiger partial charge in [0.2, 0.25) is 0 Å². The molecule has 124 valence electrons. The van der Waals surface area contributed by atoms with Gasteiger partial charge in [0.05, 0.1) is 10.6 Å². The number of esters is 1. The highest BCUT2D eigenvalue weighted by molar-refractivity contribution is 6.33. The maximum absolute atomic E-state index is 12.4. The molecule has 0 saturated carbocycles. The van der Waals surface area contributed by atoms with E-state index in [9.17, 15) is 9.59 Å². The molecular weight excluding hydrogens is 328 g/mol. The van der Waals surface area contributed by atoms with E-state index in [0.717, 1.165) is 5.56 Å². The molecule has 0 bridgehead atoms. The van der Waals surface area contributed by atoms with Crippen molar-refractivity contribution in [3.63, 3.8) is 0 Å². The Bertz CT molecular complexity index is 787. The molecule has 5 nitrogen and oxygen atoms in total. The van der Waals surface area contributed by atoms with E-state index in [1.165, 1.54) is 0 Å². The van der Waals surface area contributed by atoms with Gasteiger partial charge in [0.15, 0.2) is 6.10 Å². The third-order valence-electron chi connectivity index (χ3n) is 3.96. The number of carbonyl (C=O) groups excluding carboxylic acids is 2. The zero-order chi connectivity index (χ0) is 17.3. The average Bonchev–Trinajstić information content (AvgIpc) is 2.55. The molecule has 1 amide bonds. The molecule has 2 atom stereocenters. The highest BCUT2D eigenvalue weighted by Gasteiger charge is 2.32. The molecule has 0 saturated heterocycles. The van der Waals surface area contributed by atoms with E-state index in [4.69, 9.17) is 22.1 Å². The molecule has 1 heterocycles. The summed E-state index contributed by atoms with van der Waals surface area (Å²) in [6.07, 6.45) is -0.581. The predicted octanol–water partition coefficient (Wildman–Crippen LogP) is 3.08. The van der Waals surface area contributed by atoms with Crippen LogP contribution in [0.1, 0.15) is 34.5 Å². The Labute approximate surface area is 144 Å². The lowest BCUT2D eigenvalue weighted by Crippen LogP contribution is -2.38. The van der Waals surface area contributed by atoms with Gasteiger partial charge >= 0.3 is 5.97 Å². The molecule has 0 radical (unpaired) electrons. The quantitative estimate of drug-likeness (QED) is 0.838. The van der Waals surface area contributed by atoms with Crippen LogP contribution in [-0.4, -0.2) is 18.0 Å². The van der Waals surface area contributed by atoms with Crippen molar-refractivity contribution in [3.05, 3.63) is 64.2 Å². The van der Waals surface area contributed by atoms with Crippen LogP contribution in [0.3, 0.4) is 0 Å². The summed E-state index contributed by atoms with van der Waals surface area (Å²) in [5.41, 5.74) is 8.45. The second kappa shape index (κ2) is 6.63. The summed E-state index contributed by atoms with van der Waals surface area (Å²) in [7, 11) is 0. The van der Waals surface area contributed by atoms with Crippen molar-refractivity contribution in [1.82, 2.24) is 0 Å². The Balaban J connectivity index is 1.73. The lowest BCUT2D eigenvalue weighted by atomic mass is 9.98. The Morgan fingerprint density at radius 2 is 2.00 bits per heavy atom. The van der Waals surface area contributed by atoms with Crippen molar-refractivity contribution in [1.29, 1.82) is 0 Å². The van der Waals surface area contributed by atoms with Gasteiger partial charge in [0.1, 0.15) is 0 Å². The molecule has 1 aliphatic rings. The molecule has 0 spiro atoms. The number of nitrogens with one attached hydrogen (secondary N) is 1. The first kappa shape index (κ1) is 16.5. The summed E-state index contributed by atoms with van der Waals surface area (Å²) < 4.78 is 5.23. The van der Waals surface area contributed by atoms with Crippen molar-refractivity contribution in [2.24, 2.45) is 5.73 Å². The lowest BCUT2D eigenvalue weighted by Gasteiger charge is -2.24. The van der Waals surface area contributed by atoms with Gasteiger partial charge in [-0.1, -0.05) is 35.9 Å². The fourth-order valence-corrected chi connectivity index (χ4v) is 2.91. The van der Waals surface area contributed by atoms with Crippen LogP contribution in [0.5, 0.6) is 0 Å². The van der Waals surface area contributed by atoms with E-state index < -0.39 is 12.1 Å². The summed E-state index contributed by atoms with van der Waals surface area (Å²) in [6.45, 7) is 1.89. The van der Waals surface area contributed by atoms with Gasteiger partial charge in [-0.2, -0.15) is 0 Å². The predicted molar refractivity (Wildman–Crippen MR) is 92.0 cm³/mol. The van der Waals surface area contributed by atoms with Gasteiger partial charge in [-0.05, 0) is 36.2 Å². The highest BCUT2D eigenvalue weighted by atomic mass is 35.5. The Morgan fingerprint density at radius 1 is 1.29 bits per heavy atom. The van der Waals surface area contributed by atoms with Crippen LogP contribution in [0, 0.1) is 0 Å². The van der Waals surface area contributed by atoms with E-state index >= 15 is 0 Å². The number of hydrogen-bond acceptors (Lipinski definition) is 4. The standard InChI is InChI=1S/C18H17ClN2O3/c1-10(20)11-5-7-13(8-6-11)21-17(22)15-9-12-3-2-4-14(19)16(12)18(23)24-15/h2-8,10,15H,9,20H2,1H3,(H,21,22)/t10-,15?/m1/s1. The van der Waals surface area contributed by atoms with Crippen LogP contribution in [-0.2, 0) is 16.0 Å². The zero-order valence-corrected chi connectivity index (χ0v) is 13.8. The average molecular weight is 345 g/mol. The van der Waals surface area contributed by atoms with Crippen LogP contribution in [0.4, 0.5) is 5.69 Å². The van der Waals surface area contributed by atoms with Gasteiger partial charge < -0.3 is 15.8 Å². The maximum Gasteiger partial charge on any atom is 0.340 e. The maximum atomic E-state index is 12.4. The Hall–Kier alpha value is -2.37. The smallest absolute Gasteiger partial charge is 0.340 e. The minimum atomic E-state index is -0.878. The summed E-state index contributed by atoms with van der Waals surface area (Å²) in [5, 5.41) is 3.09. The van der Waals surface area contributed by atoms with E-state index in [2.05, 4.69) is 5.32 Å². The third-order valence-corrected chi connectivity index (χ3v) is 4.27. The topological polar surface area (TPSA) is 81.4 Å². The molecule has 2 aromatic carbocycles. The fourth-order valence-electron chi connectivity index (χ4n) is 2.64. The van der Waals surface area contributed by atoms with Crippen LogP contribution >= 0.6 is 11.6 Å². The monoisotopic (exact) mass is 344 g/mol. The minimum Gasteiger partial charge on any atom is -0.448 e. The number of fused-ring (bicyclic) bond motifs is 1. The summed E-state index contributed by atoms with van der Waals surface area (Å²) in [4.78, 5) is 24.5. The van der Waals surface area contributed by atoms with E-state index in [-0.39, 0.29) is 11.9 Å². The van der Waals surface area contributed by atoms with Crippen LogP contribution < -0.4 is 11.1 Å². The van der Waals surface area contributed by atoms with Gasteiger partial charge in [0.25, 0.3) is 5.91 Å². The van der Waals surface area contributed by atoms with Gasteiger partial charge in [-0.25, -0.2) is 4.79 Å². The van der Waals surface area contributed by atoms with Crippen molar-refractivity contribution >= 4 is 29.2 Å². The molecule has 6 heteroatoms. The number of rotatable bonds is 3. The van der Waals surface area contributed by atoms with Gasteiger partial charge in [-0.15, -0.1) is 0 Å². The molecule has 3 rings (SSSR count).